The van der Waals surface area contributed by atoms with Crippen molar-refractivity contribution in [1.29, 1.82) is 0 Å². The number of hydrogen-bond donors (Lipinski definition) is 1. The molecule has 0 saturated heterocycles. The van der Waals surface area contributed by atoms with E-state index in [1.54, 1.807) is 6.07 Å². The highest BCUT2D eigenvalue weighted by atomic mass is 19.4. The van der Waals surface area contributed by atoms with Crippen LogP contribution in [-0.4, -0.2) is 11.5 Å². The van der Waals surface area contributed by atoms with Gasteiger partial charge in [0.25, 0.3) is 0 Å². The molecule has 0 spiro atoms. The molecule has 96 valence electrons. The minimum atomic E-state index is -4.76. The smallest absolute Gasteiger partial charge is 0.459 e. The van der Waals surface area contributed by atoms with E-state index in [0.29, 0.717) is 0 Å². The van der Waals surface area contributed by atoms with Crippen LogP contribution in [-0.2, 0) is 6.61 Å². The Morgan fingerprint density at radius 2 is 1.83 bits per heavy atom. The number of furan rings is 1. The van der Waals surface area contributed by atoms with Gasteiger partial charge in [0.05, 0.1) is 5.56 Å². The van der Waals surface area contributed by atoms with Crippen molar-refractivity contribution in [2.45, 2.75) is 13.0 Å². The molecule has 1 aromatic carbocycles. The van der Waals surface area contributed by atoms with Crippen molar-refractivity contribution in [2.24, 2.45) is 0 Å². The second-order valence-electron chi connectivity index (χ2n) is 3.47. The molecule has 0 aliphatic rings. The zero-order chi connectivity index (χ0) is 13.2. The number of rotatable bonds is 3. The third-order valence-corrected chi connectivity index (χ3v) is 2.20. The molecule has 1 aromatic heterocycles. The number of para-hydroxylation sites is 1. The summed E-state index contributed by atoms with van der Waals surface area (Å²) in [5, 5.41) is 8.85. The minimum Gasteiger partial charge on any atom is -0.459 e. The summed E-state index contributed by atoms with van der Waals surface area (Å²) in [6.45, 7) is -0.317. The fourth-order valence-electron chi connectivity index (χ4n) is 1.49. The highest BCUT2D eigenvalue weighted by Crippen LogP contribution is 2.34. The number of alkyl halides is 3. The second-order valence-corrected chi connectivity index (χ2v) is 3.47. The molecule has 3 nitrogen and oxygen atoms in total. The number of aliphatic hydroxyl groups excluding tert-OH is 1. The molecule has 6 heteroatoms. The summed E-state index contributed by atoms with van der Waals surface area (Å²) in [4.78, 5) is 0. The van der Waals surface area contributed by atoms with Gasteiger partial charge in [0.1, 0.15) is 23.9 Å². The maximum Gasteiger partial charge on any atom is 0.573 e. The van der Waals surface area contributed by atoms with Crippen LogP contribution in [0, 0.1) is 0 Å². The van der Waals surface area contributed by atoms with E-state index in [2.05, 4.69) is 4.74 Å². The van der Waals surface area contributed by atoms with E-state index in [1.165, 1.54) is 30.3 Å². The van der Waals surface area contributed by atoms with Gasteiger partial charge in [-0.25, -0.2) is 0 Å². The van der Waals surface area contributed by atoms with Crippen LogP contribution in [0.2, 0.25) is 0 Å². The first-order valence-corrected chi connectivity index (χ1v) is 5.04. The number of aliphatic hydroxyl groups is 1. The molecule has 0 amide bonds. The molecule has 18 heavy (non-hydrogen) atoms. The van der Waals surface area contributed by atoms with Gasteiger partial charge in [-0.1, -0.05) is 12.1 Å². The van der Waals surface area contributed by atoms with E-state index in [9.17, 15) is 13.2 Å². The lowest BCUT2D eigenvalue weighted by atomic mass is 10.1. The molecule has 0 saturated carbocycles. The largest absolute Gasteiger partial charge is 0.573 e. The number of halogens is 3. The second kappa shape index (κ2) is 4.73. The molecule has 0 aliphatic heterocycles. The van der Waals surface area contributed by atoms with E-state index in [-0.39, 0.29) is 29.4 Å². The van der Waals surface area contributed by atoms with Crippen molar-refractivity contribution in [3.63, 3.8) is 0 Å². The fraction of sp³-hybridized carbons (Fsp3) is 0.167. The Morgan fingerprint density at radius 3 is 2.44 bits per heavy atom. The average Bonchev–Trinajstić information content (AvgIpc) is 2.76. The van der Waals surface area contributed by atoms with Crippen molar-refractivity contribution < 1.29 is 27.4 Å². The maximum atomic E-state index is 12.2. The van der Waals surface area contributed by atoms with E-state index in [1.807, 2.05) is 0 Å². The molecule has 0 radical (unpaired) electrons. The zero-order valence-electron chi connectivity index (χ0n) is 9.07. The van der Waals surface area contributed by atoms with E-state index in [0.717, 1.165) is 0 Å². The highest BCUT2D eigenvalue weighted by Gasteiger charge is 2.32. The van der Waals surface area contributed by atoms with Crippen LogP contribution in [0.5, 0.6) is 5.75 Å². The Morgan fingerprint density at radius 1 is 1.11 bits per heavy atom. The molecular formula is C12H9F3O3. The summed E-state index contributed by atoms with van der Waals surface area (Å²) in [5.41, 5.74) is 0.175. The zero-order valence-corrected chi connectivity index (χ0v) is 9.07. The lowest BCUT2D eigenvalue weighted by Gasteiger charge is -2.11. The van der Waals surface area contributed by atoms with Gasteiger partial charge in [0.15, 0.2) is 0 Å². The first kappa shape index (κ1) is 12.5. The quantitative estimate of drug-likeness (QED) is 0.918. The Hall–Kier alpha value is -1.95. The van der Waals surface area contributed by atoms with Gasteiger partial charge < -0.3 is 14.3 Å². The Balaban J connectivity index is 2.38. The summed E-state index contributed by atoms with van der Waals surface area (Å²) >= 11 is 0. The van der Waals surface area contributed by atoms with Gasteiger partial charge in [0, 0.05) is 0 Å². The summed E-state index contributed by atoms with van der Waals surface area (Å²) in [6.07, 6.45) is -4.76. The predicted octanol–water partition coefficient (Wildman–Crippen LogP) is 3.34. The topological polar surface area (TPSA) is 42.6 Å². The van der Waals surface area contributed by atoms with Crippen molar-refractivity contribution in [1.82, 2.24) is 0 Å². The Kier molecular flexibility index (Phi) is 3.29. The molecule has 0 unspecified atom stereocenters. The number of hydrogen-bond acceptors (Lipinski definition) is 3. The number of ether oxygens (including phenoxy) is 1. The molecule has 1 N–H and O–H groups in total. The SMILES string of the molecule is OCc1ccc(-c2ccccc2OC(F)(F)F)o1. The third-order valence-electron chi connectivity index (χ3n) is 2.20. The monoisotopic (exact) mass is 258 g/mol. The molecule has 0 atom stereocenters. The fourth-order valence-corrected chi connectivity index (χ4v) is 1.49. The normalized spacial score (nSPS) is 11.6. The van der Waals surface area contributed by atoms with Crippen LogP contribution in [0.15, 0.2) is 40.8 Å². The summed E-state index contributed by atoms with van der Waals surface area (Å²) in [6, 6.07) is 8.61. The van der Waals surface area contributed by atoms with E-state index >= 15 is 0 Å². The van der Waals surface area contributed by atoms with E-state index in [4.69, 9.17) is 9.52 Å². The minimum absolute atomic E-state index is 0.175. The van der Waals surface area contributed by atoms with Crippen molar-refractivity contribution >= 4 is 0 Å². The van der Waals surface area contributed by atoms with Gasteiger partial charge in [-0.05, 0) is 24.3 Å². The standard InChI is InChI=1S/C12H9F3O3/c13-12(14,15)18-11-4-2-1-3-9(11)10-6-5-8(7-16)17-10/h1-6,16H,7H2. The lowest BCUT2D eigenvalue weighted by Crippen LogP contribution is -2.17. The van der Waals surface area contributed by atoms with E-state index < -0.39 is 6.36 Å². The van der Waals surface area contributed by atoms with Gasteiger partial charge in [0.2, 0.25) is 0 Å². The average molecular weight is 258 g/mol. The van der Waals surface area contributed by atoms with Crippen molar-refractivity contribution in [2.75, 3.05) is 0 Å². The highest BCUT2D eigenvalue weighted by molar-refractivity contribution is 5.65. The van der Waals surface area contributed by atoms with Crippen LogP contribution in [0.25, 0.3) is 11.3 Å². The van der Waals surface area contributed by atoms with Gasteiger partial charge in [-0.3, -0.25) is 0 Å². The van der Waals surface area contributed by atoms with Crippen LogP contribution >= 0.6 is 0 Å². The third kappa shape index (κ3) is 2.84. The molecule has 0 bridgehead atoms. The molecule has 2 rings (SSSR count). The molecule has 1 heterocycles. The lowest BCUT2D eigenvalue weighted by molar-refractivity contribution is -0.274. The van der Waals surface area contributed by atoms with Crippen LogP contribution in [0.1, 0.15) is 5.76 Å². The van der Waals surface area contributed by atoms with Crippen LogP contribution in [0.3, 0.4) is 0 Å². The molecular weight excluding hydrogens is 249 g/mol. The summed E-state index contributed by atoms with van der Waals surface area (Å²) in [7, 11) is 0. The Labute approximate surface area is 100 Å². The molecule has 0 fully saturated rings. The van der Waals surface area contributed by atoms with Crippen molar-refractivity contribution in [3.8, 4) is 17.1 Å². The molecule has 0 aliphatic carbocycles. The maximum absolute atomic E-state index is 12.2. The predicted molar refractivity (Wildman–Crippen MR) is 56.7 cm³/mol. The van der Waals surface area contributed by atoms with Crippen molar-refractivity contribution in [3.05, 3.63) is 42.2 Å². The van der Waals surface area contributed by atoms with Crippen LogP contribution < -0.4 is 4.74 Å². The van der Waals surface area contributed by atoms with Gasteiger partial charge in [-0.15, -0.1) is 13.2 Å². The van der Waals surface area contributed by atoms with Gasteiger partial charge >= 0.3 is 6.36 Å². The first-order valence-electron chi connectivity index (χ1n) is 5.04. The first-order chi connectivity index (χ1) is 8.49. The summed E-state index contributed by atoms with van der Waals surface area (Å²) in [5.74, 6) is 0.134. The summed E-state index contributed by atoms with van der Waals surface area (Å²) < 4.78 is 45.7. The molecule has 2 aromatic rings. The van der Waals surface area contributed by atoms with Gasteiger partial charge in [-0.2, -0.15) is 0 Å². The Bertz CT molecular complexity index is 531. The van der Waals surface area contributed by atoms with Crippen LogP contribution in [0.4, 0.5) is 13.2 Å². The number of benzene rings is 1.